The summed E-state index contributed by atoms with van der Waals surface area (Å²) in [5.41, 5.74) is 12.3. The van der Waals surface area contributed by atoms with Crippen molar-refractivity contribution in [1.82, 2.24) is 10.6 Å². The molecular formula is C42H43N3O. The molecule has 0 spiro atoms. The molecule has 0 saturated carbocycles. The first-order valence-electron chi connectivity index (χ1n) is 16.5. The fourth-order valence-corrected chi connectivity index (χ4v) is 7.28. The molecule has 2 fully saturated rings. The topological polar surface area (TPSA) is 45.7 Å². The van der Waals surface area contributed by atoms with Crippen molar-refractivity contribution in [3.63, 3.8) is 0 Å². The maximum absolute atomic E-state index is 6.34. The lowest BCUT2D eigenvalue weighted by Crippen LogP contribution is -2.60. The second-order valence-corrected chi connectivity index (χ2v) is 13.2. The number of aryl methyl sites for hydroxylation is 4. The molecule has 5 aromatic rings. The van der Waals surface area contributed by atoms with Gasteiger partial charge >= 0.3 is 0 Å². The van der Waals surface area contributed by atoms with Crippen LogP contribution in [-0.4, -0.2) is 5.71 Å². The number of fused-ring (bicyclic) bond motifs is 2. The minimum absolute atomic E-state index is 0.0139. The molecule has 232 valence electrons. The SMILES string of the molecule is Cc1ccc(C2NC(c3ccc(C)cc3)C3C(=NOCc4ccccc4)C2C(c2ccc(C)cc2)NC3c2ccc(C)cc2)cc1. The van der Waals surface area contributed by atoms with Gasteiger partial charge in [0.1, 0.15) is 6.61 Å². The highest BCUT2D eigenvalue weighted by molar-refractivity contribution is 5.93. The van der Waals surface area contributed by atoms with Crippen molar-refractivity contribution in [2.45, 2.75) is 58.5 Å². The Kier molecular flexibility index (Phi) is 8.57. The molecule has 2 aliphatic rings. The van der Waals surface area contributed by atoms with Gasteiger partial charge in [-0.3, -0.25) is 0 Å². The van der Waals surface area contributed by atoms with E-state index in [-0.39, 0.29) is 36.0 Å². The van der Waals surface area contributed by atoms with Crippen LogP contribution in [0.25, 0.3) is 0 Å². The van der Waals surface area contributed by atoms with Crippen molar-refractivity contribution in [1.29, 1.82) is 0 Å². The number of nitrogens with one attached hydrogen (secondary N) is 2. The predicted molar refractivity (Wildman–Crippen MR) is 188 cm³/mol. The van der Waals surface area contributed by atoms with Crippen LogP contribution < -0.4 is 10.6 Å². The van der Waals surface area contributed by atoms with E-state index in [0.717, 1.165) is 11.3 Å². The summed E-state index contributed by atoms with van der Waals surface area (Å²) < 4.78 is 0. The maximum atomic E-state index is 6.34. The summed E-state index contributed by atoms with van der Waals surface area (Å²) in [7, 11) is 0. The van der Waals surface area contributed by atoms with Gasteiger partial charge in [-0.15, -0.1) is 0 Å². The molecule has 2 N–H and O–H groups in total. The standard InChI is InChI=1S/C42H43N3O/c1-27-10-18-32(19-11-27)38-36-39(33-20-12-28(2)13-21-33)44-41(35-24-16-30(4)17-25-35)37(40(43-38)34-22-14-29(3)15-23-34)42(36)45-46-26-31-8-6-5-7-9-31/h5-25,36-41,43-44H,26H2,1-4H3. The molecule has 2 aliphatic heterocycles. The van der Waals surface area contributed by atoms with E-state index in [1.807, 2.05) is 6.07 Å². The molecule has 0 amide bonds. The molecule has 2 saturated heterocycles. The van der Waals surface area contributed by atoms with Gasteiger partial charge in [0, 0.05) is 36.0 Å². The summed E-state index contributed by atoms with van der Waals surface area (Å²) in [6.45, 7) is 9.03. The number of nitrogens with zero attached hydrogens (tertiary/aromatic N) is 1. The molecule has 0 radical (unpaired) electrons. The number of oxime groups is 1. The Bertz CT molecular complexity index is 1560. The van der Waals surface area contributed by atoms with E-state index in [1.54, 1.807) is 0 Å². The molecular weight excluding hydrogens is 562 g/mol. The van der Waals surface area contributed by atoms with Crippen molar-refractivity contribution in [3.8, 4) is 0 Å². The average molecular weight is 606 g/mol. The first kappa shape index (κ1) is 30.2. The highest BCUT2D eigenvalue weighted by atomic mass is 16.6. The van der Waals surface area contributed by atoms with Crippen LogP contribution in [0.1, 0.15) is 74.2 Å². The normalized spacial score (nSPS) is 24.0. The molecule has 0 aliphatic carbocycles. The summed E-state index contributed by atoms with van der Waals surface area (Å²) in [5, 5.41) is 13.6. The third-order valence-electron chi connectivity index (χ3n) is 9.83. The Labute approximate surface area is 273 Å². The van der Waals surface area contributed by atoms with Gasteiger partial charge in [-0.2, -0.15) is 0 Å². The molecule has 5 aromatic carbocycles. The van der Waals surface area contributed by atoms with Gasteiger partial charge in [0.25, 0.3) is 0 Å². The van der Waals surface area contributed by atoms with Gasteiger partial charge < -0.3 is 15.5 Å². The fraction of sp³-hybridized carbons (Fsp3) is 0.262. The van der Waals surface area contributed by atoms with E-state index >= 15 is 0 Å². The molecule has 7 rings (SSSR count). The molecule has 2 bridgehead atoms. The van der Waals surface area contributed by atoms with E-state index in [1.165, 1.54) is 44.5 Å². The minimum atomic E-state index is 0.0139. The lowest BCUT2D eigenvalue weighted by Gasteiger charge is -2.54. The number of hydrogen-bond donors (Lipinski definition) is 2. The van der Waals surface area contributed by atoms with E-state index in [4.69, 9.17) is 9.99 Å². The first-order chi connectivity index (χ1) is 22.4. The quantitative estimate of drug-likeness (QED) is 0.182. The van der Waals surface area contributed by atoms with Crippen LogP contribution in [0, 0.1) is 39.5 Å². The second-order valence-electron chi connectivity index (χ2n) is 13.2. The molecule has 4 unspecified atom stereocenters. The third-order valence-corrected chi connectivity index (χ3v) is 9.83. The van der Waals surface area contributed by atoms with Crippen molar-refractivity contribution in [2.24, 2.45) is 17.0 Å². The fourth-order valence-electron chi connectivity index (χ4n) is 7.28. The summed E-state index contributed by atoms with van der Waals surface area (Å²) in [5.74, 6) is 0.0455. The summed E-state index contributed by atoms with van der Waals surface area (Å²) in [6, 6.07) is 46.4. The zero-order valence-corrected chi connectivity index (χ0v) is 27.2. The first-order valence-corrected chi connectivity index (χ1v) is 16.5. The Morgan fingerprint density at radius 2 is 0.783 bits per heavy atom. The van der Waals surface area contributed by atoms with E-state index < -0.39 is 0 Å². The molecule has 46 heavy (non-hydrogen) atoms. The van der Waals surface area contributed by atoms with Gasteiger partial charge in [-0.05, 0) is 55.5 Å². The molecule has 4 nitrogen and oxygen atoms in total. The Morgan fingerprint density at radius 1 is 0.457 bits per heavy atom. The molecule has 2 heterocycles. The third kappa shape index (κ3) is 6.16. The van der Waals surface area contributed by atoms with Crippen molar-refractivity contribution >= 4 is 5.71 Å². The van der Waals surface area contributed by atoms with E-state index in [0.29, 0.717) is 6.61 Å². The largest absolute Gasteiger partial charge is 0.391 e. The van der Waals surface area contributed by atoms with Crippen molar-refractivity contribution in [3.05, 3.63) is 177 Å². The second kappa shape index (κ2) is 13.1. The van der Waals surface area contributed by atoms with Gasteiger partial charge in [0.15, 0.2) is 0 Å². The summed E-state index contributed by atoms with van der Waals surface area (Å²) >= 11 is 0. The Balaban J connectivity index is 1.42. The molecule has 0 aromatic heterocycles. The number of benzene rings is 5. The van der Waals surface area contributed by atoms with Crippen LogP contribution in [0.3, 0.4) is 0 Å². The monoisotopic (exact) mass is 605 g/mol. The summed E-state index contributed by atoms with van der Waals surface area (Å²) in [6.07, 6.45) is 0. The van der Waals surface area contributed by atoms with Crippen LogP contribution in [0.15, 0.2) is 133 Å². The Morgan fingerprint density at radius 3 is 1.11 bits per heavy atom. The van der Waals surface area contributed by atoms with Gasteiger partial charge in [0.2, 0.25) is 0 Å². The highest BCUT2D eigenvalue weighted by Gasteiger charge is 2.54. The van der Waals surface area contributed by atoms with Gasteiger partial charge in [-0.25, -0.2) is 0 Å². The average Bonchev–Trinajstić information content (AvgIpc) is 3.07. The predicted octanol–water partition coefficient (Wildman–Crippen LogP) is 9.20. The lowest BCUT2D eigenvalue weighted by atomic mass is 9.63. The minimum Gasteiger partial charge on any atom is -0.391 e. The smallest absolute Gasteiger partial charge is 0.142 e. The highest BCUT2D eigenvalue weighted by Crippen LogP contribution is 2.52. The summed E-state index contributed by atoms with van der Waals surface area (Å²) in [4.78, 5) is 6.34. The lowest BCUT2D eigenvalue weighted by molar-refractivity contribution is 0.105. The zero-order valence-electron chi connectivity index (χ0n) is 27.2. The van der Waals surface area contributed by atoms with Gasteiger partial charge in [-0.1, -0.05) is 155 Å². The maximum Gasteiger partial charge on any atom is 0.142 e. The molecule has 4 atom stereocenters. The van der Waals surface area contributed by atoms with Gasteiger partial charge in [0.05, 0.1) is 5.71 Å². The zero-order chi connectivity index (χ0) is 31.6. The number of rotatable bonds is 7. The van der Waals surface area contributed by atoms with Crippen LogP contribution >= 0.6 is 0 Å². The van der Waals surface area contributed by atoms with Crippen LogP contribution in [0.5, 0.6) is 0 Å². The van der Waals surface area contributed by atoms with Crippen LogP contribution in [0.4, 0.5) is 0 Å². The van der Waals surface area contributed by atoms with Crippen LogP contribution in [0.2, 0.25) is 0 Å². The van der Waals surface area contributed by atoms with Crippen LogP contribution in [-0.2, 0) is 11.4 Å². The molecule has 4 heteroatoms. The number of piperidine rings is 2. The number of hydrogen-bond acceptors (Lipinski definition) is 4. The van der Waals surface area contributed by atoms with Crippen molar-refractivity contribution < 1.29 is 4.84 Å². The van der Waals surface area contributed by atoms with E-state index in [2.05, 4.69) is 160 Å². The Hall–Kier alpha value is -4.51. The van der Waals surface area contributed by atoms with Crippen molar-refractivity contribution in [2.75, 3.05) is 0 Å². The van der Waals surface area contributed by atoms with E-state index in [9.17, 15) is 0 Å².